The summed E-state index contributed by atoms with van der Waals surface area (Å²) in [5.41, 5.74) is 8.87. The van der Waals surface area contributed by atoms with Gasteiger partial charge in [0.2, 0.25) is 0 Å². The van der Waals surface area contributed by atoms with E-state index in [1.807, 2.05) is 61.5 Å². The quantitative estimate of drug-likeness (QED) is 0.116. The van der Waals surface area contributed by atoms with Crippen molar-refractivity contribution in [1.29, 1.82) is 0 Å². The molecule has 7 heteroatoms. The Kier molecular flexibility index (Phi) is 10.4. The van der Waals surface area contributed by atoms with Gasteiger partial charge in [0.15, 0.2) is 0 Å². The van der Waals surface area contributed by atoms with Gasteiger partial charge in [-0.15, -0.1) is 0 Å². The predicted molar refractivity (Wildman–Crippen MR) is 220 cm³/mol. The second-order valence-electron chi connectivity index (χ2n) is 14.1. The zero-order chi connectivity index (χ0) is 37.1. The summed E-state index contributed by atoms with van der Waals surface area (Å²) >= 11 is 3.54. The molecule has 0 bridgehead atoms. The highest BCUT2D eigenvalue weighted by atomic mass is 79.9. The summed E-state index contributed by atoms with van der Waals surface area (Å²) < 4.78 is 42.8. The summed E-state index contributed by atoms with van der Waals surface area (Å²) in [6.45, 7) is 2.96. The van der Waals surface area contributed by atoms with E-state index in [0.717, 1.165) is 51.0 Å². The van der Waals surface area contributed by atoms with Gasteiger partial charge in [-0.1, -0.05) is 112 Å². The average Bonchev–Trinajstić information content (AvgIpc) is 3.57. The van der Waals surface area contributed by atoms with Crippen molar-refractivity contribution in [1.82, 2.24) is 3.97 Å². The maximum atomic E-state index is 13.9. The standard InChI is InChI=1S/C47H42BrNO4S/c1-33-14-23-43(24-15-33)54(50,51)49-40(30-38-29-39(48)19-27-46(38)49)13-8-28-52-41-20-16-36(17-21-41)47-44(35-11-6-3-7-12-35)25-18-37-31-42(22-26-45(37)47)53-32-34-9-4-2-5-10-34/h2-7,9-12,14-17,19-24,26-27,29-31,44,47H,8,13,18,25,28,32H2,1H3. The average molecular weight is 797 g/mol. The molecule has 0 spiro atoms. The molecule has 8 rings (SSSR count). The lowest BCUT2D eigenvalue weighted by Crippen LogP contribution is -2.20. The Bertz CT molecular complexity index is 2480. The summed E-state index contributed by atoms with van der Waals surface area (Å²) in [5.74, 6) is 2.25. The van der Waals surface area contributed by atoms with Crippen LogP contribution in [0.2, 0.25) is 0 Å². The highest BCUT2D eigenvalue weighted by Gasteiger charge is 2.32. The number of fused-ring (bicyclic) bond motifs is 2. The molecule has 0 N–H and O–H groups in total. The van der Waals surface area contributed by atoms with E-state index in [4.69, 9.17) is 9.47 Å². The Morgan fingerprint density at radius 2 is 1.44 bits per heavy atom. The summed E-state index contributed by atoms with van der Waals surface area (Å²) in [4.78, 5) is 0.276. The molecule has 0 saturated carbocycles. The lowest BCUT2D eigenvalue weighted by molar-refractivity contribution is 0.305. The third-order valence-corrected chi connectivity index (χ3v) is 12.8. The monoisotopic (exact) mass is 795 g/mol. The van der Waals surface area contributed by atoms with Crippen LogP contribution < -0.4 is 9.47 Å². The molecule has 54 heavy (non-hydrogen) atoms. The summed E-state index contributed by atoms with van der Waals surface area (Å²) in [7, 11) is -3.80. The fraction of sp³-hybridized carbons (Fsp3) is 0.191. The van der Waals surface area contributed by atoms with Gasteiger partial charge in [0.05, 0.1) is 17.0 Å². The molecular formula is C47H42BrNO4S. The van der Waals surface area contributed by atoms with Gasteiger partial charge in [-0.2, -0.15) is 0 Å². The number of nitrogens with zero attached hydrogens (tertiary/aromatic N) is 1. The van der Waals surface area contributed by atoms with Crippen molar-refractivity contribution in [3.63, 3.8) is 0 Å². The number of rotatable bonds is 12. The van der Waals surface area contributed by atoms with E-state index in [2.05, 4.69) is 101 Å². The van der Waals surface area contributed by atoms with Crippen molar-refractivity contribution in [2.45, 2.75) is 55.9 Å². The SMILES string of the molecule is Cc1ccc(S(=O)(=O)n2c(CCCOc3ccc(C4c5ccc(OCc6ccccc6)cc5CCC4c4ccccc4)cc3)cc3cc(Br)ccc32)cc1. The van der Waals surface area contributed by atoms with Crippen molar-refractivity contribution in [3.05, 3.63) is 195 Å². The van der Waals surface area contributed by atoms with Gasteiger partial charge < -0.3 is 9.47 Å². The first-order valence-electron chi connectivity index (χ1n) is 18.5. The maximum absolute atomic E-state index is 13.9. The minimum Gasteiger partial charge on any atom is -0.494 e. The largest absolute Gasteiger partial charge is 0.494 e. The fourth-order valence-electron chi connectivity index (χ4n) is 7.81. The van der Waals surface area contributed by atoms with Gasteiger partial charge in [-0.3, -0.25) is 0 Å². The zero-order valence-electron chi connectivity index (χ0n) is 30.2. The van der Waals surface area contributed by atoms with Crippen LogP contribution in [0, 0.1) is 6.92 Å². The molecule has 1 heterocycles. The molecule has 6 aromatic carbocycles. The van der Waals surface area contributed by atoms with E-state index < -0.39 is 10.0 Å². The van der Waals surface area contributed by atoms with Crippen molar-refractivity contribution < 1.29 is 17.9 Å². The molecule has 0 radical (unpaired) electrons. The summed E-state index contributed by atoms with van der Waals surface area (Å²) in [6, 6.07) is 51.0. The van der Waals surface area contributed by atoms with Gasteiger partial charge in [0.25, 0.3) is 10.0 Å². The highest BCUT2D eigenvalue weighted by Crippen LogP contribution is 2.47. The minimum absolute atomic E-state index is 0.200. The van der Waals surface area contributed by atoms with Crippen LogP contribution in [0.3, 0.4) is 0 Å². The first kappa shape index (κ1) is 35.9. The number of benzene rings is 6. The Balaban J connectivity index is 0.987. The van der Waals surface area contributed by atoms with E-state index >= 15 is 0 Å². The summed E-state index contributed by atoms with van der Waals surface area (Å²) in [5, 5.41) is 0.876. The molecule has 0 saturated heterocycles. The molecule has 0 amide bonds. The molecule has 2 atom stereocenters. The number of aromatic nitrogens is 1. The highest BCUT2D eigenvalue weighted by molar-refractivity contribution is 9.10. The third-order valence-electron chi connectivity index (χ3n) is 10.5. The van der Waals surface area contributed by atoms with Gasteiger partial charge >= 0.3 is 0 Å². The van der Waals surface area contributed by atoms with Crippen LogP contribution in [0.15, 0.2) is 161 Å². The smallest absolute Gasteiger partial charge is 0.268 e. The second kappa shape index (κ2) is 15.7. The maximum Gasteiger partial charge on any atom is 0.268 e. The number of ether oxygens (including phenoxy) is 2. The van der Waals surface area contributed by atoms with Crippen LogP contribution >= 0.6 is 15.9 Å². The van der Waals surface area contributed by atoms with Crippen LogP contribution in [-0.2, 0) is 29.5 Å². The van der Waals surface area contributed by atoms with Crippen molar-refractivity contribution >= 4 is 36.9 Å². The van der Waals surface area contributed by atoms with Gasteiger partial charge in [0, 0.05) is 21.5 Å². The Morgan fingerprint density at radius 1 is 0.722 bits per heavy atom. The zero-order valence-corrected chi connectivity index (χ0v) is 32.6. The van der Waals surface area contributed by atoms with Crippen LogP contribution in [-0.4, -0.2) is 19.0 Å². The predicted octanol–water partition coefficient (Wildman–Crippen LogP) is 11.4. The molecule has 1 aliphatic carbocycles. The lowest BCUT2D eigenvalue weighted by atomic mass is 9.69. The minimum atomic E-state index is -3.80. The Morgan fingerprint density at radius 3 is 2.20 bits per heavy atom. The van der Waals surface area contributed by atoms with Crippen molar-refractivity contribution in [2.24, 2.45) is 0 Å². The third kappa shape index (κ3) is 7.61. The first-order valence-corrected chi connectivity index (χ1v) is 20.8. The van der Waals surface area contributed by atoms with Crippen LogP contribution in [0.4, 0.5) is 0 Å². The van der Waals surface area contributed by atoms with Gasteiger partial charge in [-0.05, 0) is 127 Å². The first-order chi connectivity index (χ1) is 26.3. The number of aryl methyl sites for hydroxylation is 3. The van der Waals surface area contributed by atoms with E-state index in [0.29, 0.717) is 37.5 Å². The number of halogens is 1. The molecule has 1 aliphatic rings. The van der Waals surface area contributed by atoms with E-state index in [9.17, 15) is 8.42 Å². The number of hydrogen-bond donors (Lipinski definition) is 0. The second-order valence-corrected chi connectivity index (χ2v) is 16.8. The van der Waals surface area contributed by atoms with E-state index in [1.54, 1.807) is 12.1 Å². The summed E-state index contributed by atoms with van der Waals surface area (Å²) in [6.07, 6.45) is 3.25. The van der Waals surface area contributed by atoms with Gasteiger partial charge in [-0.25, -0.2) is 12.4 Å². The fourth-order valence-corrected chi connectivity index (χ4v) is 9.75. The van der Waals surface area contributed by atoms with Crippen molar-refractivity contribution in [3.8, 4) is 11.5 Å². The molecule has 2 unspecified atom stereocenters. The molecular weight excluding hydrogens is 754 g/mol. The Labute approximate surface area is 326 Å². The van der Waals surface area contributed by atoms with Crippen LogP contribution in [0.1, 0.15) is 63.8 Å². The molecule has 1 aromatic heterocycles. The Hall–Kier alpha value is -5.11. The molecule has 0 fully saturated rings. The molecule has 0 aliphatic heterocycles. The van der Waals surface area contributed by atoms with E-state index in [1.165, 1.54) is 26.2 Å². The van der Waals surface area contributed by atoms with Crippen molar-refractivity contribution in [2.75, 3.05) is 6.61 Å². The molecule has 7 aromatic rings. The van der Waals surface area contributed by atoms with Gasteiger partial charge in [0.1, 0.15) is 18.1 Å². The number of hydrogen-bond acceptors (Lipinski definition) is 4. The lowest BCUT2D eigenvalue weighted by Gasteiger charge is -2.35. The normalized spacial score (nSPS) is 15.5. The van der Waals surface area contributed by atoms with Crippen LogP contribution in [0.5, 0.6) is 11.5 Å². The topological polar surface area (TPSA) is 57.5 Å². The molecule has 272 valence electrons. The molecule has 5 nitrogen and oxygen atoms in total. The van der Waals surface area contributed by atoms with Crippen LogP contribution in [0.25, 0.3) is 10.9 Å². The van der Waals surface area contributed by atoms with E-state index in [-0.39, 0.29) is 10.8 Å².